The van der Waals surface area contributed by atoms with Crippen molar-refractivity contribution in [3.63, 3.8) is 0 Å². The zero-order valence-electron chi connectivity index (χ0n) is 12.5. The predicted molar refractivity (Wildman–Crippen MR) is 85.2 cm³/mol. The van der Waals surface area contributed by atoms with Crippen molar-refractivity contribution in [3.8, 4) is 0 Å². The molecular weight excluding hydrogens is 292 g/mol. The van der Waals surface area contributed by atoms with Gasteiger partial charge in [-0.05, 0) is 12.5 Å². The van der Waals surface area contributed by atoms with Gasteiger partial charge in [0.2, 0.25) is 5.91 Å². The first-order valence-corrected chi connectivity index (χ1v) is 6.69. The van der Waals surface area contributed by atoms with Gasteiger partial charge in [-0.2, -0.15) is 0 Å². The lowest BCUT2D eigenvalue weighted by atomic mass is 10.1. The summed E-state index contributed by atoms with van der Waals surface area (Å²) in [5.41, 5.74) is 1.57. The first-order chi connectivity index (χ1) is 9.63. The lowest BCUT2D eigenvalue weighted by Gasteiger charge is -2.07. The number of Topliss-reactive ketones (excluding diaryl/α,β-unsaturated/α-hetero) is 1. The molecular formula is C15H23ClN2O3. The van der Waals surface area contributed by atoms with Gasteiger partial charge in [0.05, 0.1) is 13.0 Å². The van der Waals surface area contributed by atoms with E-state index in [1.165, 1.54) is 6.92 Å². The second-order valence-corrected chi connectivity index (χ2v) is 4.52. The van der Waals surface area contributed by atoms with E-state index < -0.39 is 0 Å². The molecule has 1 aromatic carbocycles. The summed E-state index contributed by atoms with van der Waals surface area (Å²) in [4.78, 5) is 22.8. The number of halogens is 1. The predicted octanol–water partition coefficient (Wildman–Crippen LogP) is 1.21. The zero-order chi connectivity index (χ0) is 14.8. The molecule has 0 saturated heterocycles. The van der Waals surface area contributed by atoms with Crippen molar-refractivity contribution in [2.75, 3.05) is 33.4 Å². The third kappa shape index (κ3) is 8.45. The molecule has 0 atom stereocenters. The molecule has 0 aromatic heterocycles. The number of hydrogen-bond acceptors (Lipinski definition) is 4. The molecule has 1 amide bonds. The quantitative estimate of drug-likeness (QED) is 0.531. The second kappa shape index (κ2) is 11.3. The fraction of sp³-hybridized carbons (Fsp3) is 0.467. The van der Waals surface area contributed by atoms with Gasteiger partial charge in [-0.15, -0.1) is 12.4 Å². The van der Waals surface area contributed by atoms with Crippen LogP contribution in [0.2, 0.25) is 0 Å². The highest BCUT2D eigenvalue weighted by molar-refractivity contribution is 5.94. The van der Waals surface area contributed by atoms with Gasteiger partial charge >= 0.3 is 0 Å². The highest BCUT2D eigenvalue weighted by atomic mass is 35.5. The van der Waals surface area contributed by atoms with Crippen LogP contribution in [-0.4, -0.2) is 45.0 Å². The molecule has 5 nitrogen and oxygen atoms in total. The van der Waals surface area contributed by atoms with Gasteiger partial charge in [-0.25, -0.2) is 0 Å². The lowest BCUT2D eigenvalue weighted by molar-refractivity contribution is -0.120. The Hall–Kier alpha value is -1.43. The van der Waals surface area contributed by atoms with E-state index >= 15 is 0 Å². The standard InChI is InChI=1S/C15H22N2O3.ClH/c1-12(18)14-5-3-13(4-6-14)11-15(19)17-8-7-16-9-10-20-2;/h3-6,16H,7-11H2,1-2H3,(H,17,19);1H. The number of hydrogen-bond donors (Lipinski definition) is 2. The molecule has 6 heteroatoms. The largest absolute Gasteiger partial charge is 0.383 e. The summed E-state index contributed by atoms with van der Waals surface area (Å²) in [5.74, 6) is 0.0113. The smallest absolute Gasteiger partial charge is 0.224 e. The molecule has 0 spiro atoms. The summed E-state index contributed by atoms with van der Waals surface area (Å²) >= 11 is 0. The van der Waals surface area contributed by atoms with Crippen LogP contribution in [0.3, 0.4) is 0 Å². The first-order valence-electron chi connectivity index (χ1n) is 6.69. The van der Waals surface area contributed by atoms with Crippen molar-refractivity contribution in [1.29, 1.82) is 0 Å². The normalized spacial score (nSPS) is 9.81. The maximum Gasteiger partial charge on any atom is 0.224 e. The molecule has 0 heterocycles. The Morgan fingerprint density at radius 1 is 1.10 bits per heavy atom. The third-order valence-electron chi connectivity index (χ3n) is 2.83. The summed E-state index contributed by atoms with van der Waals surface area (Å²) in [6.45, 7) is 4.28. The number of ether oxygens (including phenoxy) is 1. The van der Waals surface area contributed by atoms with Crippen LogP contribution in [0.4, 0.5) is 0 Å². The summed E-state index contributed by atoms with van der Waals surface area (Å²) in [6.07, 6.45) is 0.330. The van der Waals surface area contributed by atoms with E-state index in [1.54, 1.807) is 19.2 Å². The van der Waals surface area contributed by atoms with E-state index in [2.05, 4.69) is 10.6 Å². The van der Waals surface area contributed by atoms with Gasteiger partial charge in [0.15, 0.2) is 5.78 Å². The zero-order valence-corrected chi connectivity index (χ0v) is 13.3. The van der Waals surface area contributed by atoms with Crippen molar-refractivity contribution in [3.05, 3.63) is 35.4 Å². The first kappa shape index (κ1) is 19.6. The van der Waals surface area contributed by atoms with Crippen molar-refractivity contribution < 1.29 is 14.3 Å². The fourth-order valence-electron chi connectivity index (χ4n) is 1.69. The highest BCUT2D eigenvalue weighted by Crippen LogP contribution is 2.05. The summed E-state index contributed by atoms with van der Waals surface area (Å²) in [5, 5.41) is 5.98. The molecule has 0 fully saturated rings. The molecule has 1 rings (SSSR count). The van der Waals surface area contributed by atoms with E-state index in [0.29, 0.717) is 25.1 Å². The fourth-order valence-corrected chi connectivity index (χ4v) is 1.69. The van der Waals surface area contributed by atoms with Gasteiger partial charge in [-0.3, -0.25) is 9.59 Å². The summed E-state index contributed by atoms with van der Waals surface area (Å²) < 4.78 is 4.90. The number of carbonyl (C=O) groups is 2. The Morgan fingerprint density at radius 2 is 1.76 bits per heavy atom. The number of benzene rings is 1. The number of amides is 1. The molecule has 0 aliphatic rings. The topological polar surface area (TPSA) is 67.4 Å². The van der Waals surface area contributed by atoms with Crippen molar-refractivity contribution in [2.45, 2.75) is 13.3 Å². The molecule has 1 aromatic rings. The van der Waals surface area contributed by atoms with Crippen LogP contribution in [0.15, 0.2) is 24.3 Å². The molecule has 0 radical (unpaired) electrons. The van der Waals surface area contributed by atoms with E-state index in [9.17, 15) is 9.59 Å². The molecule has 0 unspecified atom stereocenters. The molecule has 0 aliphatic carbocycles. The average molecular weight is 315 g/mol. The third-order valence-corrected chi connectivity index (χ3v) is 2.83. The Balaban J connectivity index is 0.00000400. The number of nitrogens with one attached hydrogen (secondary N) is 2. The summed E-state index contributed by atoms with van der Waals surface area (Å²) in [7, 11) is 1.65. The molecule has 118 valence electrons. The van der Waals surface area contributed by atoms with Gasteiger partial charge in [0.25, 0.3) is 0 Å². The number of carbonyl (C=O) groups excluding carboxylic acids is 2. The number of methoxy groups -OCH3 is 1. The van der Waals surface area contributed by atoms with Crippen molar-refractivity contribution >= 4 is 24.1 Å². The summed E-state index contributed by atoms with van der Waals surface area (Å²) in [6, 6.07) is 7.12. The maximum absolute atomic E-state index is 11.7. The van der Waals surface area contributed by atoms with Gasteiger partial charge in [0.1, 0.15) is 0 Å². The second-order valence-electron chi connectivity index (χ2n) is 4.52. The van der Waals surface area contributed by atoms with Gasteiger partial charge in [0, 0.05) is 32.3 Å². The van der Waals surface area contributed by atoms with Crippen LogP contribution in [0.25, 0.3) is 0 Å². The maximum atomic E-state index is 11.7. The van der Waals surface area contributed by atoms with Crippen LogP contribution < -0.4 is 10.6 Å². The van der Waals surface area contributed by atoms with E-state index in [1.807, 2.05) is 12.1 Å². The molecule has 0 aliphatic heterocycles. The van der Waals surface area contributed by atoms with Crippen LogP contribution in [0.1, 0.15) is 22.8 Å². The van der Waals surface area contributed by atoms with E-state index in [-0.39, 0.29) is 24.1 Å². The Morgan fingerprint density at radius 3 is 2.33 bits per heavy atom. The number of rotatable bonds is 9. The molecule has 21 heavy (non-hydrogen) atoms. The Bertz CT molecular complexity index is 435. The van der Waals surface area contributed by atoms with Crippen LogP contribution in [0.5, 0.6) is 0 Å². The Labute approximate surface area is 131 Å². The monoisotopic (exact) mass is 314 g/mol. The van der Waals surface area contributed by atoms with Crippen molar-refractivity contribution in [1.82, 2.24) is 10.6 Å². The van der Waals surface area contributed by atoms with Crippen LogP contribution >= 0.6 is 12.4 Å². The van der Waals surface area contributed by atoms with Crippen LogP contribution in [-0.2, 0) is 16.0 Å². The van der Waals surface area contributed by atoms with Gasteiger partial charge in [-0.1, -0.05) is 24.3 Å². The number of ketones is 1. The van der Waals surface area contributed by atoms with E-state index in [0.717, 1.165) is 18.7 Å². The SMILES string of the molecule is COCCNCCNC(=O)Cc1ccc(C(C)=O)cc1.Cl. The van der Waals surface area contributed by atoms with Crippen LogP contribution in [0, 0.1) is 0 Å². The lowest BCUT2D eigenvalue weighted by Crippen LogP contribution is -2.33. The minimum absolute atomic E-state index is 0. The molecule has 0 saturated carbocycles. The van der Waals surface area contributed by atoms with Crippen molar-refractivity contribution in [2.24, 2.45) is 0 Å². The minimum Gasteiger partial charge on any atom is -0.383 e. The van der Waals surface area contributed by atoms with Gasteiger partial charge < -0.3 is 15.4 Å². The molecule has 0 bridgehead atoms. The minimum atomic E-state index is -0.0193. The molecule has 2 N–H and O–H groups in total. The highest BCUT2D eigenvalue weighted by Gasteiger charge is 2.04. The van der Waals surface area contributed by atoms with E-state index in [4.69, 9.17) is 4.74 Å². The average Bonchev–Trinajstić information content (AvgIpc) is 2.43. The Kier molecular flexibility index (Phi) is 10.5.